The largest absolute Gasteiger partial charge is 0.452 e. The van der Waals surface area contributed by atoms with E-state index in [9.17, 15) is 18.4 Å². The molecule has 1 heterocycles. The van der Waals surface area contributed by atoms with Gasteiger partial charge >= 0.3 is 12.6 Å². The molecule has 124 valence electrons. The SMILES string of the molecule is N#Cc1ccsc1NC(=O)COC(=O)c1ccccc1OC(F)F. The van der Waals surface area contributed by atoms with E-state index in [1.807, 2.05) is 6.07 Å². The molecule has 2 rings (SSSR count). The summed E-state index contributed by atoms with van der Waals surface area (Å²) < 4.78 is 33.6. The molecule has 0 unspecified atom stereocenters. The molecule has 0 spiro atoms. The highest BCUT2D eigenvalue weighted by Crippen LogP contribution is 2.23. The van der Waals surface area contributed by atoms with Gasteiger partial charge in [-0.1, -0.05) is 12.1 Å². The minimum absolute atomic E-state index is 0.223. The zero-order valence-electron chi connectivity index (χ0n) is 12.0. The zero-order valence-corrected chi connectivity index (χ0v) is 12.8. The van der Waals surface area contributed by atoms with Crippen LogP contribution in [0.25, 0.3) is 0 Å². The first-order chi connectivity index (χ1) is 11.5. The Bertz CT molecular complexity index is 786. The van der Waals surface area contributed by atoms with Gasteiger partial charge in [0.1, 0.15) is 22.4 Å². The second kappa shape index (κ2) is 8.03. The lowest BCUT2D eigenvalue weighted by molar-refractivity contribution is -0.119. The van der Waals surface area contributed by atoms with Gasteiger partial charge in [-0.2, -0.15) is 14.0 Å². The number of hydrogen-bond acceptors (Lipinski definition) is 6. The minimum atomic E-state index is -3.09. The van der Waals surface area contributed by atoms with Crippen molar-refractivity contribution in [3.63, 3.8) is 0 Å². The van der Waals surface area contributed by atoms with E-state index in [0.717, 1.165) is 11.3 Å². The number of amides is 1. The van der Waals surface area contributed by atoms with E-state index >= 15 is 0 Å². The van der Waals surface area contributed by atoms with Crippen molar-refractivity contribution in [2.24, 2.45) is 0 Å². The predicted molar refractivity (Wildman–Crippen MR) is 81.0 cm³/mol. The Balaban J connectivity index is 1.96. The van der Waals surface area contributed by atoms with Crippen LogP contribution < -0.4 is 10.1 Å². The van der Waals surface area contributed by atoms with Crippen molar-refractivity contribution >= 4 is 28.2 Å². The number of esters is 1. The minimum Gasteiger partial charge on any atom is -0.452 e. The average molecular weight is 352 g/mol. The Labute approximate surface area is 139 Å². The third kappa shape index (κ3) is 4.50. The summed E-state index contributed by atoms with van der Waals surface area (Å²) in [6.45, 7) is -3.73. The van der Waals surface area contributed by atoms with Gasteiger partial charge in [0.05, 0.1) is 5.56 Å². The van der Waals surface area contributed by atoms with Gasteiger partial charge in [-0.15, -0.1) is 11.3 Å². The standard InChI is InChI=1S/C15H10F2N2O4S/c16-15(17)23-11-4-2-1-3-10(11)14(21)22-8-12(20)19-13-9(7-18)5-6-24-13/h1-6,15H,8H2,(H,19,20). The molecule has 0 aliphatic carbocycles. The van der Waals surface area contributed by atoms with Crippen molar-refractivity contribution in [1.82, 2.24) is 0 Å². The van der Waals surface area contributed by atoms with Crippen molar-refractivity contribution in [3.05, 3.63) is 46.8 Å². The number of benzene rings is 1. The number of ether oxygens (including phenoxy) is 2. The molecule has 2 aromatic rings. The number of nitrogens with one attached hydrogen (secondary N) is 1. The van der Waals surface area contributed by atoms with Gasteiger partial charge < -0.3 is 14.8 Å². The number of hydrogen-bond donors (Lipinski definition) is 1. The van der Waals surface area contributed by atoms with Gasteiger partial charge in [-0.25, -0.2) is 4.79 Å². The molecule has 0 aliphatic heterocycles. The Morgan fingerprint density at radius 2 is 2.04 bits per heavy atom. The topological polar surface area (TPSA) is 88.4 Å². The monoisotopic (exact) mass is 352 g/mol. The van der Waals surface area contributed by atoms with Crippen molar-refractivity contribution in [1.29, 1.82) is 5.26 Å². The molecule has 1 aromatic heterocycles. The van der Waals surface area contributed by atoms with E-state index in [1.54, 1.807) is 5.38 Å². The summed E-state index contributed by atoms with van der Waals surface area (Å²) in [5, 5.41) is 13.2. The second-order valence-corrected chi connectivity index (χ2v) is 5.19. The number of alkyl halides is 2. The highest BCUT2D eigenvalue weighted by atomic mass is 32.1. The van der Waals surface area contributed by atoms with Gasteiger partial charge in [-0.05, 0) is 23.6 Å². The quantitative estimate of drug-likeness (QED) is 0.808. The summed E-state index contributed by atoms with van der Waals surface area (Å²) in [6.07, 6.45) is 0. The third-order valence-electron chi connectivity index (χ3n) is 2.70. The lowest BCUT2D eigenvalue weighted by Crippen LogP contribution is -2.21. The molecule has 0 bridgehead atoms. The van der Waals surface area contributed by atoms with Gasteiger partial charge in [0.25, 0.3) is 5.91 Å². The van der Waals surface area contributed by atoms with Crippen LogP contribution in [0.5, 0.6) is 5.75 Å². The summed E-state index contributed by atoms with van der Waals surface area (Å²) in [5.74, 6) is -1.98. The van der Waals surface area contributed by atoms with E-state index in [-0.39, 0.29) is 16.9 Å². The first-order valence-electron chi connectivity index (χ1n) is 6.49. The summed E-state index contributed by atoms with van der Waals surface area (Å²) in [7, 11) is 0. The molecule has 0 fully saturated rings. The van der Waals surface area contributed by atoms with Crippen molar-refractivity contribution in [3.8, 4) is 11.8 Å². The smallest absolute Gasteiger partial charge is 0.387 e. The molecular formula is C15H10F2N2O4S. The summed E-state index contributed by atoms with van der Waals surface area (Å²) in [4.78, 5) is 23.6. The predicted octanol–water partition coefficient (Wildman–Crippen LogP) is 3.02. The number of carbonyl (C=O) groups is 2. The summed E-state index contributed by atoms with van der Waals surface area (Å²) in [5.41, 5.74) is 0.0646. The van der Waals surface area contributed by atoms with Gasteiger partial charge in [0.15, 0.2) is 6.61 Å². The number of nitriles is 1. The van der Waals surface area contributed by atoms with Crippen LogP contribution in [-0.2, 0) is 9.53 Å². The summed E-state index contributed by atoms with van der Waals surface area (Å²) in [6, 6.07) is 8.72. The number of nitrogens with zero attached hydrogens (tertiary/aromatic N) is 1. The van der Waals surface area contributed by atoms with Crippen LogP contribution in [0.4, 0.5) is 13.8 Å². The Morgan fingerprint density at radius 1 is 1.29 bits per heavy atom. The van der Waals surface area contributed by atoms with Crippen LogP contribution in [0.15, 0.2) is 35.7 Å². The molecule has 1 amide bonds. The Hall–Kier alpha value is -2.99. The van der Waals surface area contributed by atoms with E-state index in [1.165, 1.54) is 30.3 Å². The molecule has 0 saturated heterocycles. The first-order valence-corrected chi connectivity index (χ1v) is 7.37. The lowest BCUT2D eigenvalue weighted by atomic mass is 10.2. The Morgan fingerprint density at radius 3 is 2.75 bits per heavy atom. The van der Waals surface area contributed by atoms with Crippen molar-refractivity contribution in [2.45, 2.75) is 6.61 Å². The number of anilines is 1. The van der Waals surface area contributed by atoms with E-state index in [4.69, 9.17) is 10.00 Å². The second-order valence-electron chi connectivity index (χ2n) is 4.27. The van der Waals surface area contributed by atoms with Crippen molar-refractivity contribution in [2.75, 3.05) is 11.9 Å². The zero-order chi connectivity index (χ0) is 17.5. The van der Waals surface area contributed by atoms with Crippen molar-refractivity contribution < 1.29 is 27.8 Å². The van der Waals surface area contributed by atoms with E-state index < -0.39 is 25.1 Å². The number of thiophene rings is 1. The molecule has 1 aromatic carbocycles. The maximum absolute atomic E-state index is 12.3. The van der Waals surface area contributed by atoms with Gasteiger partial charge in [-0.3, -0.25) is 4.79 Å². The number of rotatable bonds is 6. The van der Waals surface area contributed by atoms with Crippen LogP contribution in [0.2, 0.25) is 0 Å². The maximum Gasteiger partial charge on any atom is 0.387 e. The van der Waals surface area contributed by atoms with Crippen LogP contribution in [0, 0.1) is 11.3 Å². The number of carbonyl (C=O) groups excluding carboxylic acids is 2. The molecule has 9 heteroatoms. The molecular weight excluding hydrogens is 342 g/mol. The average Bonchev–Trinajstić information content (AvgIpc) is 2.99. The molecule has 0 radical (unpaired) electrons. The maximum atomic E-state index is 12.3. The van der Waals surface area contributed by atoms with Gasteiger partial charge in [0, 0.05) is 0 Å². The Kier molecular flexibility index (Phi) is 5.81. The van der Waals surface area contributed by atoms with Crippen LogP contribution in [0.3, 0.4) is 0 Å². The fraction of sp³-hybridized carbons (Fsp3) is 0.133. The molecule has 0 saturated carbocycles. The fourth-order valence-electron chi connectivity index (χ4n) is 1.70. The molecule has 1 N–H and O–H groups in total. The van der Waals surface area contributed by atoms with Crippen LogP contribution in [-0.4, -0.2) is 25.1 Å². The lowest BCUT2D eigenvalue weighted by Gasteiger charge is -2.10. The van der Waals surface area contributed by atoms with E-state index in [0.29, 0.717) is 5.00 Å². The van der Waals surface area contributed by atoms with Crippen LogP contribution >= 0.6 is 11.3 Å². The number of para-hydroxylation sites is 1. The van der Waals surface area contributed by atoms with E-state index in [2.05, 4.69) is 10.1 Å². The molecule has 0 aliphatic rings. The summed E-state index contributed by atoms with van der Waals surface area (Å²) >= 11 is 1.14. The molecule has 24 heavy (non-hydrogen) atoms. The first kappa shape index (κ1) is 17.4. The van der Waals surface area contributed by atoms with Crippen LogP contribution in [0.1, 0.15) is 15.9 Å². The van der Waals surface area contributed by atoms with Gasteiger partial charge in [0.2, 0.25) is 0 Å². The normalized spacial score (nSPS) is 10.1. The molecule has 6 nitrogen and oxygen atoms in total. The molecule has 0 atom stereocenters. The highest BCUT2D eigenvalue weighted by Gasteiger charge is 2.18. The number of halogens is 2. The highest BCUT2D eigenvalue weighted by molar-refractivity contribution is 7.14. The fourth-order valence-corrected chi connectivity index (χ4v) is 2.45. The third-order valence-corrected chi connectivity index (χ3v) is 3.53.